The Kier molecular flexibility index (Phi) is 8.57. The molecule has 0 aliphatic carbocycles. The summed E-state index contributed by atoms with van der Waals surface area (Å²) < 4.78 is 26.4. The molecular weight excluding hydrogens is 570 g/mol. The fraction of sp³-hybridized carbons (Fsp3) is 0.381. The van der Waals surface area contributed by atoms with Crippen LogP contribution in [0.5, 0.6) is 0 Å². The maximum atomic E-state index is 12.8. The predicted molar refractivity (Wildman–Crippen MR) is 130 cm³/mol. The van der Waals surface area contributed by atoms with Crippen molar-refractivity contribution in [2.45, 2.75) is 24.9 Å². The third-order valence-electron chi connectivity index (χ3n) is 5.17. The Balaban J connectivity index is 1.75. The molecule has 1 heterocycles. The van der Waals surface area contributed by atoms with Gasteiger partial charge in [0.1, 0.15) is 0 Å². The molecule has 0 aromatic heterocycles. The highest BCUT2D eigenvalue weighted by molar-refractivity contribution is 9.11. The molecule has 2 N–H and O–H groups in total. The highest BCUT2D eigenvalue weighted by Crippen LogP contribution is 2.29. The number of amides is 1. The standard InChI is InChI=1S/C21H24Br2ClN3O3S/c1-2-31(29,30)20-4-3-16(24)9-15(20)12-26-21(28)14-10-18(22)17(19(23)11-14)13-27-7-5-25-6-8-27/h3-4,9-11,25H,2,5-8,12-13H2,1H3,(H,26,28). The van der Waals surface area contributed by atoms with Crippen molar-refractivity contribution in [3.63, 3.8) is 0 Å². The molecule has 2 aromatic carbocycles. The second kappa shape index (κ2) is 10.8. The number of carbonyl (C=O) groups excluding carboxylic acids is 1. The minimum atomic E-state index is -3.43. The second-order valence-corrected chi connectivity index (χ2v) is 11.7. The third-order valence-corrected chi connectivity index (χ3v) is 8.65. The van der Waals surface area contributed by atoms with Gasteiger partial charge in [0, 0.05) is 58.8 Å². The summed E-state index contributed by atoms with van der Waals surface area (Å²) in [5.74, 6) is -0.320. The van der Waals surface area contributed by atoms with E-state index in [1.807, 2.05) is 0 Å². The van der Waals surface area contributed by atoms with Crippen LogP contribution in [-0.4, -0.2) is 51.2 Å². The smallest absolute Gasteiger partial charge is 0.251 e. The summed E-state index contributed by atoms with van der Waals surface area (Å²) in [6, 6.07) is 8.19. The molecule has 10 heteroatoms. The molecule has 1 amide bonds. The molecule has 1 saturated heterocycles. The van der Waals surface area contributed by atoms with Crippen molar-refractivity contribution >= 4 is 59.2 Å². The summed E-state index contributed by atoms with van der Waals surface area (Å²) in [4.78, 5) is 15.3. The summed E-state index contributed by atoms with van der Waals surface area (Å²) in [7, 11) is -3.43. The SMILES string of the molecule is CCS(=O)(=O)c1ccc(Cl)cc1CNC(=O)c1cc(Br)c(CN2CCNCC2)c(Br)c1. The van der Waals surface area contributed by atoms with Gasteiger partial charge in [-0.2, -0.15) is 0 Å². The van der Waals surface area contributed by atoms with Crippen molar-refractivity contribution in [1.82, 2.24) is 15.5 Å². The molecule has 0 spiro atoms. The van der Waals surface area contributed by atoms with Gasteiger partial charge in [0.15, 0.2) is 9.84 Å². The first kappa shape index (κ1) is 24.7. The molecule has 0 unspecified atom stereocenters. The number of nitrogens with zero attached hydrogens (tertiary/aromatic N) is 1. The summed E-state index contributed by atoms with van der Waals surface area (Å²) in [6.45, 7) is 6.32. The Morgan fingerprint density at radius 3 is 2.42 bits per heavy atom. The fourth-order valence-corrected chi connectivity index (χ4v) is 6.15. The lowest BCUT2D eigenvalue weighted by molar-refractivity contribution is 0.0950. The maximum Gasteiger partial charge on any atom is 0.251 e. The number of benzene rings is 2. The summed E-state index contributed by atoms with van der Waals surface area (Å²) in [6.07, 6.45) is 0. The van der Waals surface area contributed by atoms with Crippen molar-refractivity contribution in [3.8, 4) is 0 Å². The van der Waals surface area contributed by atoms with Crippen molar-refractivity contribution in [3.05, 3.63) is 61.0 Å². The molecule has 168 valence electrons. The van der Waals surface area contributed by atoms with E-state index in [-0.39, 0.29) is 23.1 Å². The van der Waals surface area contributed by atoms with Gasteiger partial charge in [-0.3, -0.25) is 9.69 Å². The summed E-state index contributed by atoms with van der Waals surface area (Å²) in [5, 5.41) is 6.57. The van der Waals surface area contributed by atoms with Crippen molar-refractivity contribution < 1.29 is 13.2 Å². The molecule has 0 bridgehead atoms. The van der Waals surface area contributed by atoms with Crippen LogP contribution in [0, 0.1) is 0 Å². The summed E-state index contributed by atoms with van der Waals surface area (Å²) >= 11 is 13.2. The Hall–Kier alpha value is -0.970. The van der Waals surface area contributed by atoms with Gasteiger partial charge in [-0.15, -0.1) is 0 Å². The minimum Gasteiger partial charge on any atom is -0.348 e. The topological polar surface area (TPSA) is 78.5 Å². The highest BCUT2D eigenvalue weighted by Gasteiger charge is 2.19. The number of nitrogens with one attached hydrogen (secondary N) is 2. The zero-order valence-electron chi connectivity index (χ0n) is 17.1. The number of piperazine rings is 1. The molecule has 1 fully saturated rings. The largest absolute Gasteiger partial charge is 0.348 e. The van der Waals surface area contributed by atoms with Crippen LogP contribution in [-0.2, 0) is 22.9 Å². The van der Waals surface area contributed by atoms with Crippen LogP contribution < -0.4 is 10.6 Å². The lowest BCUT2D eigenvalue weighted by Gasteiger charge is -2.28. The van der Waals surface area contributed by atoms with Gasteiger partial charge in [0.2, 0.25) is 0 Å². The minimum absolute atomic E-state index is 0.0238. The Morgan fingerprint density at radius 2 is 1.81 bits per heavy atom. The molecule has 6 nitrogen and oxygen atoms in total. The van der Waals surface area contributed by atoms with E-state index >= 15 is 0 Å². The molecule has 2 aromatic rings. The normalized spacial score (nSPS) is 15.1. The van der Waals surface area contributed by atoms with Gasteiger partial charge < -0.3 is 10.6 Å². The van der Waals surface area contributed by atoms with Crippen molar-refractivity contribution in [2.75, 3.05) is 31.9 Å². The van der Waals surface area contributed by atoms with E-state index in [4.69, 9.17) is 11.6 Å². The Labute approximate surface area is 204 Å². The van der Waals surface area contributed by atoms with Gasteiger partial charge in [0.05, 0.1) is 10.6 Å². The van der Waals surface area contributed by atoms with E-state index in [0.29, 0.717) is 16.1 Å². The van der Waals surface area contributed by atoms with Crippen molar-refractivity contribution in [2.24, 2.45) is 0 Å². The number of halogens is 3. The van der Waals surface area contributed by atoms with E-state index in [9.17, 15) is 13.2 Å². The quantitative estimate of drug-likeness (QED) is 0.508. The van der Waals surface area contributed by atoms with Gasteiger partial charge in [-0.05, 0) is 41.5 Å². The van der Waals surface area contributed by atoms with Gasteiger partial charge in [0.25, 0.3) is 5.91 Å². The highest BCUT2D eigenvalue weighted by atomic mass is 79.9. The van der Waals surface area contributed by atoms with Crippen LogP contribution >= 0.6 is 43.5 Å². The zero-order valence-corrected chi connectivity index (χ0v) is 21.8. The van der Waals surface area contributed by atoms with E-state index in [1.165, 1.54) is 6.07 Å². The van der Waals surface area contributed by atoms with Crippen LogP contribution in [0.15, 0.2) is 44.2 Å². The van der Waals surface area contributed by atoms with E-state index in [1.54, 1.807) is 31.2 Å². The monoisotopic (exact) mass is 591 g/mol. The average Bonchev–Trinajstić information content (AvgIpc) is 2.75. The molecule has 1 aliphatic rings. The maximum absolute atomic E-state index is 12.8. The van der Waals surface area contributed by atoms with Crippen LogP contribution in [0.1, 0.15) is 28.4 Å². The lowest BCUT2D eigenvalue weighted by Crippen LogP contribution is -2.43. The summed E-state index contributed by atoms with van der Waals surface area (Å²) in [5.41, 5.74) is 2.03. The first-order valence-corrected chi connectivity index (χ1v) is 13.5. The van der Waals surface area contributed by atoms with Gasteiger partial charge in [-0.25, -0.2) is 8.42 Å². The molecular formula is C21H24Br2ClN3O3S. The van der Waals surface area contributed by atoms with Crippen LogP contribution in [0.4, 0.5) is 0 Å². The second-order valence-electron chi connectivity index (χ2n) is 7.28. The molecule has 0 saturated carbocycles. The molecule has 0 radical (unpaired) electrons. The number of sulfone groups is 1. The zero-order chi connectivity index (χ0) is 22.6. The molecule has 1 aliphatic heterocycles. The predicted octanol–water partition coefficient (Wildman–Crippen LogP) is 3.99. The Morgan fingerprint density at radius 1 is 1.16 bits per heavy atom. The van der Waals surface area contributed by atoms with Crippen LogP contribution in [0.2, 0.25) is 5.02 Å². The van der Waals surface area contributed by atoms with E-state index < -0.39 is 9.84 Å². The molecule has 0 atom stereocenters. The number of hydrogen-bond donors (Lipinski definition) is 2. The first-order valence-electron chi connectivity index (χ1n) is 9.91. The van der Waals surface area contributed by atoms with Crippen molar-refractivity contribution in [1.29, 1.82) is 0 Å². The fourth-order valence-electron chi connectivity index (χ4n) is 3.40. The van der Waals surface area contributed by atoms with Gasteiger partial charge in [-0.1, -0.05) is 50.4 Å². The third kappa shape index (κ3) is 6.30. The number of rotatable bonds is 7. The van der Waals surface area contributed by atoms with E-state index in [0.717, 1.165) is 47.2 Å². The van der Waals surface area contributed by atoms with Crippen LogP contribution in [0.25, 0.3) is 0 Å². The molecule has 31 heavy (non-hydrogen) atoms. The first-order chi connectivity index (χ1) is 14.7. The average molecular weight is 594 g/mol. The lowest BCUT2D eigenvalue weighted by atomic mass is 10.1. The Bertz CT molecular complexity index is 1050. The van der Waals surface area contributed by atoms with E-state index in [2.05, 4.69) is 47.4 Å². The van der Waals surface area contributed by atoms with Gasteiger partial charge >= 0.3 is 0 Å². The number of hydrogen-bond acceptors (Lipinski definition) is 5. The molecule has 3 rings (SSSR count). The number of carbonyl (C=O) groups is 1. The van der Waals surface area contributed by atoms with Crippen LogP contribution in [0.3, 0.4) is 0 Å².